The van der Waals surface area contributed by atoms with Gasteiger partial charge in [0.25, 0.3) is 0 Å². The van der Waals surface area contributed by atoms with Gasteiger partial charge in [-0.3, -0.25) is 4.79 Å². The number of aliphatic carboxylic acids is 1. The smallest absolute Gasteiger partial charge is 0.415 e. The van der Waals surface area contributed by atoms with Crippen molar-refractivity contribution in [3.8, 4) is 0 Å². The van der Waals surface area contributed by atoms with Crippen molar-refractivity contribution >= 4 is 23.3 Å². The molecule has 0 aliphatic rings. The number of alkyl halides is 3. The van der Waals surface area contributed by atoms with Crippen LogP contribution < -0.4 is 10.6 Å². The van der Waals surface area contributed by atoms with Crippen LogP contribution in [0, 0.1) is 0 Å². The molecule has 0 aromatic carbocycles. The zero-order valence-corrected chi connectivity index (χ0v) is 10.9. The van der Waals surface area contributed by atoms with Gasteiger partial charge >= 0.3 is 18.2 Å². The summed E-state index contributed by atoms with van der Waals surface area (Å²) in [5.41, 5.74) is 0. The van der Waals surface area contributed by atoms with Crippen molar-refractivity contribution in [2.24, 2.45) is 0 Å². The Hall–Kier alpha value is -1.84. The van der Waals surface area contributed by atoms with E-state index >= 15 is 0 Å². The molecule has 1 aromatic rings. The van der Waals surface area contributed by atoms with Crippen molar-refractivity contribution < 1.29 is 27.9 Å². The van der Waals surface area contributed by atoms with Gasteiger partial charge in [0.05, 0.1) is 0 Å². The molecule has 1 aromatic heterocycles. The Bertz CT molecular complexity index is 450. The van der Waals surface area contributed by atoms with E-state index in [2.05, 4.69) is 10.3 Å². The van der Waals surface area contributed by atoms with E-state index in [9.17, 15) is 22.8 Å². The molecule has 1 atom stereocenters. The van der Waals surface area contributed by atoms with Gasteiger partial charge in [0.2, 0.25) is 0 Å². The lowest BCUT2D eigenvalue weighted by molar-refractivity contribution is -0.154. The second-order valence-electron chi connectivity index (χ2n) is 3.74. The van der Waals surface area contributed by atoms with Crippen LogP contribution in [0.25, 0.3) is 0 Å². The molecule has 0 fully saturated rings. The Labute approximate surface area is 116 Å². The first-order valence-electron chi connectivity index (χ1n) is 5.53. The second kappa shape index (κ2) is 7.08. The molecule has 0 saturated carbocycles. The van der Waals surface area contributed by atoms with Crippen molar-refractivity contribution in [3.05, 3.63) is 16.6 Å². The number of carboxylic acid groups (broad SMARTS) is 1. The van der Waals surface area contributed by atoms with Crippen LogP contribution in [0.1, 0.15) is 23.9 Å². The van der Waals surface area contributed by atoms with Gasteiger partial charge in [0.15, 0.2) is 6.04 Å². The number of rotatable bonds is 6. The lowest BCUT2D eigenvalue weighted by atomic mass is 10.3. The zero-order valence-electron chi connectivity index (χ0n) is 10.1. The molecule has 0 spiro atoms. The van der Waals surface area contributed by atoms with E-state index in [-0.39, 0.29) is 24.4 Å². The summed E-state index contributed by atoms with van der Waals surface area (Å²) in [4.78, 5) is 25.1. The number of carboxylic acids is 1. The minimum Gasteiger partial charge on any atom is -0.481 e. The molecule has 0 bridgehead atoms. The van der Waals surface area contributed by atoms with Crippen molar-refractivity contribution in [2.75, 3.05) is 6.54 Å². The number of hydrogen-bond acceptors (Lipinski definition) is 4. The molecular weight excluding hydrogens is 299 g/mol. The molecule has 0 radical (unpaired) electrons. The van der Waals surface area contributed by atoms with Gasteiger partial charge in [0, 0.05) is 24.5 Å². The predicted molar refractivity (Wildman–Crippen MR) is 64.3 cm³/mol. The van der Waals surface area contributed by atoms with E-state index in [1.54, 1.807) is 5.32 Å². The normalized spacial score (nSPS) is 12.8. The summed E-state index contributed by atoms with van der Waals surface area (Å²) in [6, 6.07) is -3.20. The molecular formula is C10H12F3N3O3S. The topological polar surface area (TPSA) is 91.3 Å². The number of carbonyl (C=O) groups is 2. The van der Waals surface area contributed by atoms with Crippen molar-refractivity contribution in [1.82, 2.24) is 15.6 Å². The minimum atomic E-state index is -4.66. The molecule has 0 aliphatic heterocycles. The summed E-state index contributed by atoms with van der Waals surface area (Å²) in [5, 5.41) is 13.4. The first-order valence-corrected chi connectivity index (χ1v) is 6.41. The number of aromatic nitrogens is 1. The number of hydrogen-bond donors (Lipinski definition) is 3. The number of thiazole rings is 1. The molecule has 0 aliphatic carbocycles. The lowest BCUT2D eigenvalue weighted by Crippen LogP contribution is -2.43. The largest absolute Gasteiger partial charge is 0.481 e. The molecule has 2 amide bonds. The Balaban J connectivity index is 2.50. The molecule has 10 heteroatoms. The molecule has 1 heterocycles. The highest BCUT2D eigenvalue weighted by molar-refractivity contribution is 7.09. The van der Waals surface area contributed by atoms with Crippen LogP contribution in [0.5, 0.6) is 0 Å². The van der Waals surface area contributed by atoms with Gasteiger partial charge in [-0.05, 0) is 6.42 Å². The zero-order chi connectivity index (χ0) is 15.2. The highest BCUT2D eigenvalue weighted by atomic mass is 32.1. The lowest BCUT2D eigenvalue weighted by Gasteiger charge is -2.19. The van der Waals surface area contributed by atoms with Gasteiger partial charge in [-0.1, -0.05) is 0 Å². The van der Waals surface area contributed by atoms with Crippen LogP contribution in [-0.4, -0.2) is 34.8 Å². The summed E-state index contributed by atoms with van der Waals surface area (Å²) < 4.78 is 38.4. The van der Waals surface area contributed by atoms with Gasteiger partial charge in [0.1, 0.15) is 5.01 Å². The monoisotopic (exact) mass is 311 g/mol. The average Bonchev–Trinajstić information content (AvgIpc) is 2.83. The summed E-state index contributed by atoms with van der Waals surface area (Å²) in [6.45, 7) is -0.0272. The van der Waals surface area contributed by atoms with Crippen LogP contribution in [-0.2, 0) is 4.79 Å². The molecule has 20 heavy (non-hydrogen) atoms. The molecule has 112 valence electrons. The average molecular weight is 311 g/mol. The number of nitrogens with zero attached hydrogens (tertiary/aromatic N) is 1. The number of urea groups is 1. The first kappa shape index (κ1) is 16.2. The van der Waals surface area contributed by atoms with E-state index in [1.165, 1.54) is 11.6 Å². The van der Waals surface area contributed by atoms with E-state index in [4.69, 9.17) is 5.11 Å². The summed E-state index contributed by atoms with van der Waals surface area (Å²) in [6.07, 6.45) is -3.48. The number of halogens is 3. The summed E-state index contributed by atoms with van der Waals surface area (Å²) in [5.74, 6) is -1.04. The quantitative estimate of drug-likeness (QED) is 0.700. The van der Waals surface area contributed by atoms with Gasteiger partial charge in [-0.2, -0.15) is 13.2 Å². The number of nitrogens with one attached hydrogen (secondary N) is 2. The predicted octanol–water partition coefficient (Wildman–Crippen LogP) is 1.91. The highest BCUT2D eigenvalue weighted by Gasteiger charge is 2.43. The third-order valence-electron chi connectivity index (χ3n) is 2.15. The molecule has 3 N–H and O–H groups in total. The first-order chi connectivity index (χ1) is 9.30. The van der Waals surface area contributed by atoms with E-state index in [0.29, 0.717) is 0 Å². The van der Waals surface area contributed by atoms with E-state index in [1.807, 2.05) is 0 Å². The fraction of sp³-hybridized carbons (Fsp3) is 0.500. The van der Waals surface area contributed by atoms with E-state index in [0.717, 1.165) is 11.3 Å². The van der Waals surface area contributed by atoms with Gasteiger partial charge < -0.3 is 15.7 Å². The van der Waals surface area contributed by atoms with Crippen LogP contribution >= 0.6 is 11.3 Å². The Kier molecular flexibility index (Phi) is 5.74. The van der Waals surface area contributed by atoms with Crippen LogP contribution in [0.15, 0.2) is 11.6 Å². The fourth-order valence-corrected chi connectivity index (χ4v) is 2.00. The van der Waals surface area contributed by atoms with Crippen molar-refractivity contribution in [3.63, 3.8) is 0 Å². The maximum absolute atomic E-state index is 12.8. The number of amides is 2. The molecule has 6 nitrogen and oxygen atoms in total. The van der Waals surface area contributed by atoms with Crippen LogP contribution in [0.4, 0.5) is 18.0 Å². The molecule has 1 unspecified atom stereocenters. The minimum absolute atomic E-state index is 0.0272. The van der Waals surface area contributed by atoms with Crippen LogP contribution in [0.2, 0.25) is 0 Å². The van der Waals surface area contributed by atoms with Crippen molar-refractivity contribution in [1.29, 1.82) is 0 Å². The number of carbonyl (C=O) groups excluding carboxylic acids is 1. The Morgan fingerprint density at radius 2 is 2.15 bits per heavy atom. The van der Waals surface area contributed by atoms with Gasteiger partial charge in [-0.25, -0.2) is 9.78 Å². The second-order valence-corrected chi connectivity index (χ2v) is 4.67. The third-order valence-corrected chi connectivity index (χ3v) is 2.99. The third kappa shape index (κ3) is 5.43. The maximum atomic E-state index is 12.8. The molecule has 0 saturated heterocycles. The van der Waals surface area contributed by atoms with Gasteiger partial charge in [-0.15, -0.1) is 11.3 Å². The SMILES string of the molecule is O=C(O)CCCNC(=O)NC(c1nccs1)C(F)(F)F. The maximum Gasteiger partial charge on any atom is 0.415 e. The van der Waals surface area contributed by atoms with Crippen molar-refractivity contribution in [2.45, 2.75) is 25.1 Å². The fourth-order valence-electron chi connectivity index (χ4n) is 1.28. The Morgan fingerprint density at radius 1 is 1.45 bits per heavy atom. The summed E-state index contributed by atoms with van der Waals surface area (Å²) >= 11 is 0.781. The standard InChI is InChI=1S/C10H12F3N3O3S/c11-10(12,13)7(8-14-4-5-20-8)16-9(19)15-3-1-2-6(17)18/h4-5,7H,1-3H2,(H,17,18)(H2,15,16,19). The summed E-state index contributed by atoms with van der Waals surface area (Å²) in [7, 11) is 0. The van der Waals surface area contributed by atoms with Crippen LogP contribution in [0.3, 0.4) is 0 Å². The van der Waals surface area contributed by atoms with E-state index < -0.39 is 24.2 Å². The Morgan fingerprint density at radius 3 is 2.65 bits per heavy atom. The highest BCUT2D eigenvalue weighted by Crippen LogP contribution is 2.33. The molecule has 1 rings (SSSR count).